The highest BCUT2D eigenvalue weighted by molar-refractivity contribution is 9.10. The summed E-state index contributed by atoms with van der Waals surface area (Å²) in [6.07, 6.45) is 0. The van der Waals surface area contributed by atoms with Crippen molar-refractivity contribution in [2.24, 2.45) is 0 Å². The zero-order valence-electron chi connectivity index (χ0n) is 9.56. The fourth-order valence-electron chi connectivity index (χ4n) is 1.48. The van der Waals surface area contributed by atoms with Crippen LogP contribution in [0, 0.1) is 5.82 Å². The molecule has 3 nitrogen and oxygen atoms in total. The Kier molecular flexibility index (Phi) is 4.11. The molecule has 19 heavy (non-hydrogen) atoms. The minimum Gasteiger partial charge on any atom is -0.478 e. The predicted molar refractivity (Wildman–Crippen MR) is 76.0 cm³/mol. The van der Waals surface area contributed by atoms with Crippen LogP contribution < -0.4 is 5.73 Å². The Hall–Kier alpha value is -1.53. The minimum absolute atomic E-state index is 0.240. The fraction of sp³-hybridized carbons (Fsp3) is 0. The Morgan fingerprint density at radius 2 is 2.05 bits per heavy atom. The Bertz CT molecular complexity index is 649. The van der Waals surface area contributed by atoms with Gasteiger partial charge in [-0.25, -0.2) is 9.18 Å². The molecular weight excluding hydrogens is 333 g/mol. The number of hydrogen-bond acceptors (Lipinski definition) is 3. The van der Waals surface area contributed by atoms with Crippen LogP contribution in [-0.4, -0.2) is 11.1 Å². The van der Waals surface area contributed by atoms with Gasteiger partial charge in [0.2, 0.25) is 0 Å². The molecule has 0 radical (unpaired) electrons. The van der Waals surface area contributed by atoms with E-state index < -0.39 is 17.3 Å². The van der Waals surface area contributed by atoms with Gasteiger partial charge in [0, 0.05) is 20.0 Å². The molecule has 0 saturated heterocycles. The molecule has 2 aromatic rings. The lowest BCUT2D eigenvalue weighted by atomic mass is 10.2. The van der Waals surface area contributed by atoms with E-state index in [0.29, 0.717) is 4.90 Å². The second-order valence-corrected chi connectivity index (χ2v) is 5.77. The van der Waals surface area contributed by atoms with E-state index in [1.807, 2.05) is 24.3 Å². The van der Waals surface area contributed by atoms with Gasteiger partial charge in [0.05, 0.1) is 5.56 Å². The average Bonchev–Trinajstić information content (AvgIpc) is 2.33. The molecule has 0 unspecified atom stereocenters. The average molecular weight is 342 g/mol. The quantitative estimate of drug-likeness (QED) is 0.827. The molecule has 0 amide bonds. The van der Waals surface area contributed by atoms with Gasteiger partial charge in [-0.05, 0) is 30.3 Å². The topological polar surface area (TPSA) is 63.3 Å². The van der Waals surface area contributed by atoms with E-state index in [9.17, 15) is 9.18 Å². The van der Waals surface area contributed by atoms with Crippen molar-refractivity contribution >= 4 is 39.3 Å². The van der Waals surface area contributed by atoms with Gasteiger partial charge in [0.25, 0.3) is 0 Å². The molecule has 0 aromatic heterocycles. The zero-order valence-corrected chi connectivity index (χ0v) is 12.0. The molecule has 0 bridgehead atoms. The van der Waals surface area contributed by atoms with Crippen LogP contribution in [0.25, 0.3) is 0 Å². The van der Waals surface area contributed by atoms with Crippen LogP contribution in [0.5, 0.6) is 0 Å². The summed E-state index contributed by atoms with van der Waals surface area (Å²) in [5.74, 6) is -2.12. The van der Waals surface area contributed by atoms with Crippen molar-refractivity contribution in [1.82, 2.24) is 0 Å². The summed E-state index contributed by atoms with van der Waals surface area (Å²) >= 11 is 4.62. The molecule has 0 spiro atoms. The Labute approximate surface area is 121 Å². The number of anilines is 1. The second kappa shape index (κ2) is 5.63. The lowest BCUT2D eigenvalue weighted by molar-refractivity contribution is 0.0692. The lowest BCUT2D eigenvalue weighted by Gasteiger charge is -2.08. The van der Waals surface area contributed by atoms with E-state index in [4.69, 9.17) is 10.8 Å². The number of aromatic carboxylic acids is 1. The number of nitrogens with two attached hydrogens (primary N) is 1. The van der Waals surface area contributed by atoms with Gasteiger partial charge in [-0.3, -0.25) is 0 Å². The molecule has 2 rings (SSSR count). The summed E-state index contributed by atoms with van der Waals surface area (Å²) < 4.78 is 14.5. The third-order valence-corrected chi connectivity index (χ3v) is 3.91. The molecule has 3 N–H and O–H groups in total. The lowest BCUT2D eigenvalue weighted by Crippen LogP contribution is -2.03. The molecular formula is C13H9BrFNO2S. The molecule has 0 saturated carbocycles. The number of halogens is 2. The van der Waals surface area contributed by atoms with Gasteiger partial charge in [-0.1, -0.05) is 33.8 Å². The van der Waals surface area contributed by atoms with Crippen LogP contribution in [-0.2, 0) is 0 Å². The van der Waals surface area contributed by atoms with Crippen LogP contribution in [0.4, 0.5) is 10.1 Å². The van der Waals surface area contributed by atoms with Gasteiger partial charge in [-0.2, -0.15) is 0 Å². The first-order valence-electron chi connectivity index (χ1n) is 5.23. The molecule has 98 valence electrons. The van der Waals surface area contributed by atoms with E-state index in [-0.39, 0.29) is 5.69 Å². The highest BCUT2D eigenvalue weighted by atomic mass is 79.9. The van der Waals surface area contributed by atoms with E-state index in [0.717, 1.165) is 21.5 Å². The van der Waals surface area contributed by atoms with Gasteiger partial charge >= 0.3 is 5.97 Å². The molecule has 0 aliphatic heterocycles. The van der Waals surface area contributed by atoms with Gasteiger partial charge in [-0.15, -0.1) is 0 Å². The zero-order chi connectivity index (χ0) is 14.0. The third-order valence-electron chi connectivity index (χ3n) is 2.35. The molecule has 6 heteroatoms. The summed E-state index contributed by atoms with van der Waals surface area (Å²) in [5, 5.41) is 8.80. The predicted octanol–water partition coefficient (Wildman–Crippen LogP) is 4.02. The largest absolute Gasteiger partial charge is 0.478 e. The van der Waals surface area contributed by atoms with Crippen molar-refractivity contribution in [1.29, 1.82) is 0 Å². The summed E-state index contributed by atoms with van der Waals surface area (Å²) in [5.41, 5.74) is 5.57. The Balaban J connectivity index is 2.36. The molecule has 2 aromatic carbocycles. The fourth-order valence-corrected chi connectivity index (χ4v) is 2.96. The van der Waals surface area contributed by atoms with E-state index in [1.165, 1.54) is 11.8 Å². The van der Waals surface area contributed by atoms with Gasteiger partial charge in [0.1, 0.15) is 5.82 Å². The van der Waals surface area contributed by atoms with E-state index in [1.54, 1.807) is 0 Å². The number of hydrogen-bond donors (Lipinski definition) is 2. The van der Waals surface area contributed by atoms with E-state index in [2.05, 4.69) is 15.9 Å². The SMILES string of the molecule is Nc1cc(C(=O)O)c(F)cc1Sc1cccc(Br)c1. The van der Waals surface area contributed by atoms with Crippen LogP contribution in [0.2, 0.25) is 0 Å². The highest BCUT2D eigenvalue weighted by Gasteiger charge is 2.14. The van der Waals surface area contributed by atoms with Crippen molar-refractivity contribution in [3.05, 3.63) is 52.3 Å². The van der Waals surface area contributed by atoms with Gasteiger partial charge < -0.3 is 10.8 Å². The molecule has 0 atom stereocenters. The van der Waals surface area contributed by atoms with E-state index >= 15 is 0 Å². The first-order valence-corrected chi connectivity index (χ1v) is 6.84. The molecule has 0 fully saturated rings. The van der Waals surface area contributed by atoms with Crippen LogP contribution in [0.15, 0.2) is 50.7 Å². The van der Waals surface area contributed by atoms with Crippen molar-refractivity contribution < 1.29 is 14.3 Å². The van der Waals surface area contributed by atoms with Crippen molar-refractivity contribution in [2.45, 2.75) is 9.79 Å². The number of carboxylic acids is 1. The number of carboxylic acid groups (broad SMARTS) is 1. The number of benzene rings is 2. The summed E-state index contributed by atoms with van der Waals surface area (Å²) in [4.78, 5) is 12.1. The standard InChI is InChI=1S/C13H9BrFNO2S/c14-7-2-1-3-8(4-7)19-12-6-10(15)9(13(17)18)5-11(12)16/h1-6H,16H2,(H,17,18). The molecule has 0 heterocycles. The maximum atomic E-state index is 13.6. The maximum absolute atomic E-state index is 13.6. The summed E-state index contributed by atoms with van der Waals surface area (Å²) in [7, 11) is 0. The Morgan fingerprint density at radius 1 is 1.32 bits per heavy atom. The number of carbonyl (C=O) groups is 1. The van der Waals surface area contributed by atoms with Crippen LogP contribution >= 0.6 is 27.7 Å². The summed E-state index contributed by atoms with van der Waals surface area (Å²) in [6, 6.07) is 9.74. The monoisotopic (exact) mass is 341 g/mol. The smallest absolute Gasteiger partial charge is 0.338 e. The van der Waals surface area contributed by atoms with Crippen LogP contribution in [0.3, 0.4) is 0 Å². The second-order valence-electron chi connectivity index (χ2n) is 3.73. The Morgan fingerprint density at radius 3 is 2.68 bits per heavy atom. The van der Waals surface area contributed by atoms with Gasteiger partial charge in [0.15, 0.2) is 0 Å². The van der Waals surface area contributed by atoms with Crippen molar-refractivity contribution in [3.8, 4) is 0 Å². The number of rotatable bonds is 3. The first-order chi connectivity index (χ1) is 8.97. The third kappa shape index (κ3) is 3.27. The van der Waals surface area contributed by atoms with Crippen molar-refractivity contribution in [2.75, 3.05) is 5.73 Å². The van der Waals surface area contributed by atoms with Crippen molar-refractivity contribution in [3.63, 3.8) is 0 Å². The molecule has 0 aliphatic carbocycles. The number of nitrogen functional groups attached to an aromatic ring is 1. The summed E-state index contributed by atoms with van der Waals surface area (Å²) in [6.45, 7) is 0. The maximum Gasteiger partial charge on any atom is 0.338 e. The first kappa shape index (κ1) is 13.9. The molecule has 0 aliphatic rings. The van der Waals surface area contributed by atoms with Crippen LogP contribution in [0.1, 0.15) is 10.4 Å². The minimum atomic E-state index is -1.33. The highest BCUT2D eigenvalue weighted by Crippen LogP contribution is 2.34. The normalized spacial score (nSPS) is 10.4.